The monoisotopic (exact) mass is 275 g/mol. The molecule has 0 aliphatic carbocycles. The van der Waals surface area contributed by atoms with Gasteiger partial charge in [0.05, 0.1) is 23.7 Å². The summed E-state index contributed by atoms with van der Waals surface area (Å²) in [6.45, 7) is 3.69. The van der Waals surface area contributed by atoms with Crippen LogP contribution in [-0.2, 0) is 9.53 Å². The molecule has 5 heteroatoms. The van der Waals surface area contributed by atoms with E-state index in [1.807, 2.05) is 6.92 Å². The Bertz CT molecular complexity index is 409. The minimum absolute atomic E-state index is 0.0823. The van der Waals surface area contributed by atoms with Gasteiger partial charge in [0.25, 0.3) is 0 Å². The van der Waals surface area contributed by atoms with Crippen LogP contribution in [0.4, 0.5) is 5.69 Å². The zero-order chi connectivity index (χ0) is 13.0. The molecule has 0 aromatic heterocycles. The molecule has 2 unspecified atom stereocenters. The number of hydrogen-bond donors (Lipinski definition) is 1. The predicted octanol–water partition coefficient (Wildman–Crippen LogP) is 3.60. The molecule has 0 bridgehead atoms. The summed E-state index contributed by atoms with van der Waals surface area (Å²) in [5.41, 5.74) is 0.749. The molecule has 0 heterocycles. The van der Waals surface area contributed by atoms with Crippen molar-refractivity contribution in [3.8, 4) is 0 Å². The van der Waals surface area contributed by atoms with Crippen molar-refractivity contribution in [3.63, 3.8) is 0 Å². The molecule has 1 aromatic rings. The number of carbonyl (C=O) groups excluding carboxylic acids is 1. The van der Waals surface area contributed by atoms with Crippen molar-refractivity contribution in [2.45, 2.75) is 19.9 Å². The third-order valence-electron chi connectivity index (χ3n) is 2.64. The average molecular weight is 276 g/mol. The highest BCUT2D eigenvalue weighted by Crippen LogP contribution is 2.26. The average Bonchev–Trinajstić information content (AvgIpc) is 2.30. The molecule has 1 aromatic carbocycles. The first-order valence-electron chi connectivity index (χ1n) is 5.25. The minimum atomic E-state index is -0.258. The van der Waals surface area contributed by atoms with Crippen LogP contribution < -0.4 is 5.32 Å². The molecule has 17 heavy (non-hydrogen) atoms. The molecule has 0 saturated heterocycles. The zero-order valence-corrected chi connectivity index (χ0v) is 11.5. The predicted molar refractivity (Wildman–Crippen MR) is 70.7 cm³/mol. The van der Waals surface area contributed by atoms with Gasteiger partial charge in [0.2, 0.25) is 0 Å². The highest BCUT2D eigenvalue weighted by Gasteiger charge is 2.21. The fourth-order valence-corrected chi connectivity index (χ4v) is 1.83. The highest BCUT2D eigenvalue weighted by atomic mass is 35.5. The van der Waals surface area contributed by atoms with Crippen molar-refractivity contribution in [2.75, 3.05) is 12.4 Å². The number of ether oxygens (including phenoxy) is 1. The van der Waals surface area contributed by atoms with E-state index in [9.17, 15) is 4.79 Å². The van der Waals surface area contributed by atoms with E-state index in [0.717, 1.165) is 5.69 Å². The van der Waals surface area contributed by atoms with Crippen molar-refractivity contribution in [1.82, 2.24) is 0 Å². The SMILES string of the molecule is COC(=O)C(C)C(C)Nc1ccc(Cl)cc1Cl. The van der Waals surface area contributed by atoms with Gasteiger partial charge in [-0.05, 0) is 32.0 Å². The zero-order valence-electron chi connectivity index (χ0n) is 9.96. The fourth-order valence-electron chi connectivity index (χ4n) is 1.37. The van der Waals surface area contributed by atoms with E-state index in [2.05, 4.69) is 10.1 Å². The van der Waals surface area contributed by atoms with Crippen LogP contribution in [0, 0.1) is 5.92 Å². The van der Waals surface area contributed by atoms with E-state index in [4.69, 9.17) is 23.2 Å². The Balaban J connectivity index is 2.74. The number of benzene rings is 1. The third kappa shape index (κ3) is 3.79. The summed E-state index contributed by atoms with van der Waals surface area (Å²) in [6.07, 6.45) is 0. The van der Waals surface area contributed by atoms with Gasteiger partial charge in [0.15, 0.2) is 0 Å². The summed E-state index contributed by atoms with van der Waals surface area (Å²) in [5.74, 6) is -0.512. The van der Waals surface area contributed by atoms with Crippen LogP contribution in [0.3, 0.4) is 0 Å². The molecule has 3 nitrogen and oxygen atoms in total. The smallest absolute Gasteiger partial charge is 0.310 e. The topological polar surface area (TPSA) is 38.3 Å². The molecule has 0 fully saturated rings. The molecule has 0 radical (unpaired) electrons. The van der Waals surface area contributed by atoms with Gasteiger partial charge in [-0.1, -0.05) is 23.2 Å². The Morgan fingerprint density at radius 3 is 2.53 bits per heavy atom. The van der Waals surface area contributed by atoms with E-state index in [0.29, 0.717) is 10.0 Å². The number of methoxy groups -OCH3 is 1. The summed E-state index contributed by atoms with van der Waals surface area (Å²) in [6, 6.07) is 5.10. The lowest BCUT2D eigenvalue weighted by Crippen LogP contribution is -2.30. The van der Waals surface area contributed by atoms with Gasteiger partial charge in [-0.25, -0.2) is 0 Å². The van der Waals surface area contributed by atoms with Gasteiger partial charge in [0, 0.05) is 11.1 Å². The van der Waals surface area contributed by atoms with Crippen molar-refractivity contribution >= 4 is 34.9 Å². The van der Waals surface area contributed by atoms with Crippen molar-refractivity contribution in [2.24, 2.45) is 5.92 Å². The standard InChI is InChI=1S/C12H15Cl2NO2/c1-7(12(16)17-3)8(2)15-11-5-4-9(13)6-10(11)14/h4-8,15H,1-3H3. The number of rotatable bonds is 4. The maximum Gasteiger partial charge on any atom is 0.310 e. The largest absolute Gasteiger partial charge is 0.469 e. The number of nitrogens with one attached hydrogen (secondary N) is 1. The second-order valence-electron chi connectivity index (χ2n) is 3.87. The molecule has 0 spiro atoms. The maximum atomic E-state index is 11.4. The van der Waals surface area contributed by atoms with Crippen LogP contribution in [0.15, 0.2) is 18.2 Å². The third-order valence-corrected chi connectivity index (χ3v) is 3.19. The first-order valence-corrected chi connectivity index (χ1v) is 6.00. The number of esters is 1. The van der Waals surface area contributed by atoms with Crippen LogP contribution in [-0.4, -0.2) is 19.1 Å². The summed E-state index contributed by atoms with van der Waals surface area (Å²) in [7, 11) is 1.38. The van der Waals surface area contributed by atoms with Crippen molar-refractivity contribution in [1.29, 1.82) is 0 Å². The van der Waals surface area contributed by atoms with E-state index in [-0.39, 0.29) is 17.9 Å². The van der Waals surface area contributed by atoms with Gasteiger partial charge >= 0.3 is 5.97 Å². The number of hydrogen-bond acceptors (Lipinski definition) is 3. The second-order valence-corrected chi connectivity index (χ2v) is 4.71. The van der Waals surface area contributed by atoms with Crippen LogP contribution in [0.2, 0.25) is 10.0 Å². The molecular formula is C12H15Cl2NO2. The van der Waals surface area contributed by atoms with Gasteiger partial charge in [-0.2, -0.15) is 0 Å². The summed E-state index contributed by atoms with van der Waals surface area (Å²) < 4.78 is 4.69. The Morgan fingerprint density at radius 1 is 1.35 bits per heavy atom. The molecule has 2 atom stereocenters. The van der Waals surface area contributed by atoms with Crippen LogP contribution >= 0.6 is 23.2 Å². The van der Waals surface area contributed by atoms with Crippen molar-refractivity contribution < 1.29 is 9.53 Å². The summed E-state index contributed by atoms with van der Waals surface area (Å²) in [5, 5.41) is 4.27. The summed E-state index contributed by atoms with van der Waals surface area (Å²) >= 11 is 11.8. The normalized spacial score (nSPS) is 13.9. The molecule has 1 N–H and O–H groups in total. The molecular weight excluding hydrogens is 261 g/mol. The van der Waals surface area contributed by atoms with Crippen molar-refractivity contribution in [3.05, 3.63) is 28.2 Å². The summed E-state index contributed by atoms with van der Waals surface area (Å²) in [4.78, 5) is 11.4. The molecule has 0 saturated carbocycles. The highest BCUT2D eigenvalue weighted by molar-refractivity contribution is 6.36. The van der Waals surface area contributed by atoms with Crippen LogP contribution in [0.5, 0.6) is 0 Å². The van der Waals surface area contributed by atoms with Gasteiger partial charge < -0.3 is 10.1 Å². The minimum Gasteiger partial charge on any atom is -0.469 e. The number of carbonyl (C=O) groups is 1. The maximum absolute atomic E-state index is 11.4. The first-order chi connectivity index (χ1) is 7.95. The Morgan fingerprint density at radius 2 is 2.00 bits per heavy atom. The van der Waals surface area contributed by atoms with Gasteiger partial charge in [-0.3, -0.25) is 4.79 Å². The Labute approximate surface area is 111 Å². The van der Waals surface area contributed by atoms with E-state index in [1.165, 1.54) is 7.11 Å². The second kappa shape index (κ2) is 6.12. The Kier molecular flexibility index (Phi) is 5.09. The number of halogens is 2. The van der Waals surface area contributed by atoms with Gasteiger partial charge in [0.1, 0.15) is 0 Å². The Hall–Kier alpha value is -0.930. The molecule has 1 rings (SSSR count). The van der Waals surface area contributed by atoms with Crippen LogP contribution in [0.25, 0.3) is 0 Å². The molecule has 94 valence electrons. The molecule has 0 aliphatic rings. The lowest BCUT2D eigenvalue weighted by Gasteiger charge is -2.21. The van der Waals surface area contributed by atoms with Gasteiger partial charge in [-0.15, -0.1) is 0 Å². The first kappa shape index (κ1) is 14.1. The molecule has 0 aliphatic heterocycles. The lowest BCUT2D eigenvalue weighted by atomic mass is 10.0. The van der Waals surface area contributed by atoms with Crippen LogP contribution in [0.1, 0.15) is 13.8 Å². The number of anilines is 1. The van der Waals surface area contributed by atoms with E-state index in [1.54, 1.807) is 25.1 Å². The fraction of sp³-hybridized carbons (Fsp3) is 0.417. The lowest BCUT2D eigenvalue weighted by molar-refractivity contribution is -0.145. The van der Waals surface area contributed by atoms with E-state index < -0.39 is 0 Å². The molecule has 0 amide bonds. The quantitative estimate of drug-likeness (QED) is 0.854. The van der Waals surface area contributed by atoms with E-state index >= 15 is 0 Å².